The van der Waals surface area contributed by atoms with Crippen molar-refractivity contribution >= 4 is 5.91 Å². The van der Waals surface area contributed by atoms with Crippen LogP contribution in [-0.4, -0.2) is 64.6 Å². The Morgan fingerprint density at radius 1 is 1.16 bits per heavy atom. The van der Waals surface area contributed by atoms with Gasteiger partial charge in [0.05, 0.1) is 6.10 Å². The Bertz CT molecular complexity index is 698. The molecule has 1 aromatic heterocycles. The number of hydrogen-bond donors (Lipinski definition) is 1. The zero-order valence-corrected chi connectivity index (χ0v) is 14.3. The highest BCUT2D eigenvalue weighted by molar-refractivity contribution is 5.96. The number of amides is 1. The van der Waals surface area contributed by atoms with E-state index in [0.29, 0.717) is 36.8 Å². The molecule has 1 unspecified atom stereocenters. The van der Waals surface area contributed by atoms with Gasteiger partial charge in [-0.2, -0.15) is 0 Å². The topological polar surface area (TPSA) is 65.9 Å². The Labute approximate surface area is 147 Å². The summed E-state index contributed by atoms with van der Waals surface area (Å²) in [6.07, 6.45) is 1.27. The first-order valence-electron chi connectivity index (χ1n) is 8.51. The van der Waals surface area contributed by atoms with Crippen LogP contribution in [-0.2, 0) is 0 Å². The fraction of sp³-hybridized carbons (Fsp3) is 0.368. The third-order valence-electron chi connectivity index (χ3n) is 4.14. The van der Waals surface area contributed by atoms with E-state index >= 15 is 0 Å². The molecule has 1 aliphatic rings. The van der Waals surface area contributed by atoms with Crippen molar-refractivity contribution in [2.24, 2.45) is 0 Å². The second kappa shape index (κ2) is 8.09. The fourth-order valence-electron chi connectivity index (χ4n) is 2.91. The van der Waals surface area contributed by atoms with Crippen molar-refractivity contribution in [2.45, 2.75) is 13.0 Å². The van der Waals surface area contributed by atoms with Crippen LogP contribution >= 0.6 is 0 Å². The third kappa shape index (κ3) is 4.55. The number of β-amino-alcohol motifs (C(OH)–C–C–N with tert-alkyl or cyclic N) is 1. The number of hydrogen-bond acceptors (Lipinski definition) is 5. The predicted octanol–water partition coefficient (Wildman–Crippen LogP) is 2.01. The highest BCUT2D eigenvalue weighted by Gasteiger charge is 2.25. The molecule has 25 heavy (non-hydrogen) atoms. The number of carbonyl (C=O) groups excluding carboxylic acids is 1. The van der Waals surface area contributed by atoms with Gasteiger partial charge in [-0.1, -0.05) is 18.2 Å². The van der Waals surface area contributed by atoms with Crippen LogP contribution in [0.1, 0.15) is 17.3 Å². The number of aromatic nitrogens is 1. The normalized spacial score (nSPS) is 16.5. The van der Waals surface area contributed by atoms with Gasteiger partial charge in [-0.25, -0.2) is 4.98 Å². The molecule has 0 radical (unpaired) electrons. The summed E-state index contributed by atoms with van der Waals surface area (Å²) in [5.74, 6) is 0.901. The number of nitrogens with zero attached hydrogens (tertiary/aromatic N) is 3. The summed E-state index contributed by atoms with van der Waals surface area (Å²) in [6.45, 7) is 5.19. The maximum absolute atomic E-state index is 12.9. The van der Waals surface area contributed by atoms with Gasteiger partial charge in [0.1, 0.15) is 11.3 Å². The third-order valence-corrected chi connectivity index (χ3v) is 4.14. The summed E-state index contributed by atoms with van der Waals surface area (Å²) in [6, 6.07) is 12.8. The number of pyridine rings is 1. The lowest BCUT2D eigenvalue weighted by Gasteiger charge is -2.35. The predicted molar refractivity (Wildman–Crippen MR) is 94.8 cm³/mol. The van der Waals surface area contributed by atoms with Crippen molar-refractivity contribution in [3.63, 3.8) is 0 Å². The number of carbonyl (C=O) groups is 1. The maximum atomic E-state index is 12.9. The number of piperazine rings is 1. The van der Waals surface area contributed by atoms with Crippen molar-refractivity contribution in [3.8, 4) is 11.6 Å². The Morgan fingerprint density at radius 2 is 1.88 bits per heavy atom. The van der Waals surface area contributed by atoms with E-state index in [-0.39, 0.29) is 12.0 Å². The average molecular weight is 341 g/mol. The molecule has 1 N–H and O–H groups in total. The minimum Gasteiger partial charge on any atom is -0.438 e. The zero-order chi connectivity index (χ0) is 17.6. The molecule has 6 nitrogen and oxygen atoms in total. The fourth-order valence-corrected chi connectivity index (χ4v) is 2.91. The first kappa shape index (κ1) is 17.4. The molecule has 3 rings (SSSR count). The molecule has 1 saturated heterocycles. The van der Waals surface area contributed by atoms with Gasteiger partial charge in [-0.3, -0.25) is 9.69 Å². The highest BCUT2D eigenvalue weighted by Crippen LogP contribution is 2.24. The van der Waals surface area contributed by atoms with Crippen LogP contribution in [0.2, 0.25) is 0 Å². The van der Waals surface area contributed by atoms with Gasteiger partial charge in [0.2, 0.25) is 5.88 Å². The molecule has 0 spiro atoms. The van der Waals surface area contributed by atoms with Crippen LogP contribution < -0.4 is 4.74 Å². The minimum atomic E-state index is -0.355. The van der Waals surface area contributed by atoms with Gasteiger partial charge in [-0.15, -0.1) is 0 Å². The van der Waals surface area contributed by atoms with E-state index in [1.807, 2.05) is 35.2 Å². The number of para-hydroxylation sites is 1. The molecule has 6 heteroatoms. The molecular weight excluding hydrogens is 318 g/mol. The van der Waals surface area contributed by atoms with Crippen molar-refractivity contribution in [1.29, 1.82) is 0 Å². The van der Waals surface area contributed by atoms with Gasteiger partial charge in [-0.05, 0) is 31.2 Å². The second-order valence-electron chi connectivity index (χ2n) is 6.21. The first-order valence-corrected chi connectivity index (χ1v) is 8.51. The maximum Gasteiger partial charge on any atom is 0.259 e. The molecule has 2 aromatic rings. The van der Waals surface area contributed by atoms with E-state index in [1.165, 1.54) is 0 Å². The van der Waals surface area contributed by atoms with Crippen LogP contribution in [0.25, 0.3) is 0 Å². The summed E-state index contributed by atoms with van der Waals surface area (Å²) in [5.41, 5.74) is 0.468. The molecule has 1 fully saturated rings. The SMILES string of the molecule is CC(O)CN1CCN(C(=O)c2cccnc2Oc2ccccc2)CC1. The highest BCUT2D eigenvalue weighted by atomic mass is 16.5. The number of benzene rings is 1. The molecule has 1 aromatic carbocycles. The van der Waals surface area contributed by atoms with E-state index in [4.69, 9.17) is 4.74 Å². The van der Waals surface area contributed by atoms with Gasteiger partial charge < -0.3 is 14.7 Å². The second-order valence-corrected chi connectivity index (χ2v) is 6.21. The Kier molecular flexibility index (Phi) is 5.63. The Morgan fingerprint density at radius 3 is 2.56 bits per heavy atom. The zero-order valence-electron chi connectivity index (χ0n) is 14.3. The van der Waals surface area contributed by atoms with Crippen molar-refractivity contribution in [3.05, 3.63) is 54.2 Å². The molecule has 1 atom stereocenters. The standard InChI is InChI=1S/C19H23N3O3/c1-15(23)14-21-10-12-22(13-11-21)19(24)17-8-5-9-20-18(17)25-16-6-3-2-4-7-16/h2-9,15,23H,10-14H2,1H3. The van der Waals surface area contributed by atoms with Crippen molar-refractivity contribution in [2.75, 3.05) is 32.7 Å². The molecule has 0 bridgehead atoms. The number of ether oxygens (including phenoxy) is 1. The molecular formula is C19H23N3O3. The smallest absolute Gasteiger partial charge is 0.259 e. The van der Waals surface area contributed by atoms with E-state index < -0.39 is 0 Å². The van der Waals surface area contributed by atoms with Gasteiger partial charge in [0.25, 0.3) is 5.91 Å². The van der Waals surface area contributed by atoms with Crippen LogP contribution in [0.3, 0.4) is 0 Å². The van der Waals surface area contributed by atoms with Crippen LogP contribution in [0, 0.1) is 0 Å². The molecule has 0 saturated carbocycles. The van der Waals surface area contributed by atoms with Crippen LogP contribution in [0.4, 0.5) is 0 Å². The summed E-state index contributed by atoms with van der Waals surface area (Å²) in [5, 5.41) is 9.49. The average Bonchev–Trinajstić information content (AvgIpc) is 2.63. The Hall–Kier alpha value is -2.44. The molecule has 132 valence electrons. The van der Waals surface area contributed by atoms with Gasteiger partial charge in [0.15, 0.2) is 0 Å². The number of rotatable bonds is 5. The van der Waals surface area contributed by atoms with Gasteiger partial charge >= 0.3 is 0 Å². The number of aliphatic hydroxyl groups is 1. The van der Waals surface area contributed by atoms with E-state index in [0.717, 1.165) is 13.1 Å². The lowest BCUT2D eigenvalue weighted by molar-refractivity contribution is 0.0551. The summed E-state index contributed by atoms with van der Waals surface area (Å²) in [4.78, 5) is 21.1. The van der Waals surface area contributed by atoms with Crippen LogP contribution in [0.15, 0.2) is 48.7 Å². The molecule has 0 aliphatic carbocycles. The van der Waals surface area contributed by atoms with E-state index in [1.54, 1.807) is 25.3 Å². The first-order chi connectivity index (χ1) is 12.1. The molecule has 2 heterocycles. The summed E-state index contributed by atoms with van der Waals surface area (Å²) >= 11 is 0. The van der Waals surface area contributed by atoms with Crippen molar-refractivity contribution in [1.82, 2.24) is 14.8 Å². The van der Waals surface area contributed by atoms with Crippen LogP contribution in [0.5, 0.6) is 11.6 Å². The largest absolute Gasteiger partial charge is 0.438 e. The lowest BCUT2D eigenvalue weighted by atomic mass is 10.2. The Balaban J connectivity index is 1.69. The molecule has 1 aliphatic heterocycles. The summed E-state index contributed by atoms with van der Waals surface area (Å²) in [7, 11) is 0. The lowest BCUT2D eigenvalue weighted by Crippen LogP contribution is -2.50. The van der Waals surface area contributed by atoms with Gasteiger partial charge in [0, 0.05) is 38.9 Å². The summed E-state index contributed by atoms with van der Waals surface area (Å²) < 4.78 is 5.79. The monoisotopic (exact) mass is 341 g/mol. The van der Waals surface area contributed by atoms with E-state index in [2.05, 4.69) is 9.88 Å². The van der Waals surface area contributed by atoms with Crippen molar-refractivity contribution < 1.29 is 14.6 Å². The minimum absolute atomic E-state index is 0.0734. The quantitative estimate of drug-likeness (QED) is 0.901. The molecule has 1 amide bonds. The number of aliphatic hydroxyl groups excluding tert-OH is 1. The van der Waals surface area contributed by atoms with E-state index in [9.17, 15) is 9.90 Å².